The second kappa shape index (κ2) is 8.82. The fourth-order valence-corrected chi connectivity index (χ4v) is 2.60. The Labute approximate surface area is 162 Å². The van der Waals surface area contributed by atoms with Gasteiger partial charge in [0.25, 0.3) is 0 Å². The van der Waals surface area contributed by atoms with E-state index >= 15 is 0 Å². The first-order chi connectivity index (χ1) is 13.1. The number of hydrogen-bond donors (Lipinski definition) is 2. The smallest absolute Gasteiger partial charge is 0.337 e. The number of benzene rings is 3. The van der Waals surface area contributed by atoms with Gasteiger partial charge in [-0.25, -0.2) is 4.79 Å². The van der Waals surface area contributed by atoms with Crippen molar-refractivity contribution < 1.29 is 14.3 Å². The molecule has 136 valence electrons. The molecule has 0 bridgehead atoms. The van der Waals surface area contributed by atoms with E-state index in [4.69, 9.17) is 21.7 Å². The van der Waals surface area contributed by atoms with Crippen molar-refractivity contribution in [3.8, 4) is 11.5 Å². The molecule has 0 aliphatic heterocycles. The van der Waals surface area contributed by atoms with E-state index in [0.29, 0.717) is 16.4 Å². The van der Waals surface area contributed by atoms with Crippen LogP contribution in [0.1, 0.15) is 10.4 Å². The summed E-state index contributed by atoms with van der Waals surface area (Å²) < 4.78 is 10.5. The average Bonchev–Trinajstić information content (AvgIpc) is 2.70. The van der Waals surface area contributed by atoms with Crippen molar-refractivity contribution in [3.63, 3.8) is 0 Å². The van der Waals surface area contributed by atoms with E-state index < -0.39 is 5.97 Å². The topological polar surface area (TPSA) is 59.6 Å². The molecule has 0 aliphatic carbocycles. The Bertz CT molecular complexity index is 928. The number of thiocarbonyl (C=S) groups is 1. The van der Waals surface area contributed by atoms with Crippen LogP contribution < -0.4 is 15.4 Å². The standard InChI is InChI=1S/C21H18N2O3S/c1-25-20(24)15-6-5-7-17(14-15)23-21(27)22-16-10-12-19(13-11-16)26-18-8-3-2-4-9-18/h2-14H,1H3,(H2,22,23,27). The molecule has 6 heteroatoms. The van der Waals surface area contributed by atoms with Crippen LogP contribution in [0, 0.1) is 0 Å². The van der Waals surface area contributed by atoms with Crippen molar-refractivity contribution in [1.29, 1.82) is 0 Å². The van der Waals surface area contributed by atoms with Gasteiger partial charge in [-0.2, -0.15) is 0 Å². The highest BCUT2D eigenvalue weighted by molar-refractivity contribution is 7.80. The number of anilines is 2. The fraction of sp³-hybridized carbons (Fsp3) is 0.0476. The average molecular weight is 378 g/mol. The van der Waals surface area contributed by atoms with Crippen molar-refractivity contribution in [2.45, 2.75) is 0 Å². The van der Waals surface area contributed by atoms with E-state index in [-0.39, 0.29) is 0 Å². The molecule has 0 fully saturated rings. The molecule has 3 rings (SSSR count). The van der Waals surface area contributed by atoms with Gasteiger partial charge in [-0.15, -0.1) is 0 Å². The summed E-state index contributed by atoms with van der Waals surface area (Å²) in [6, 6.07) is 24.0. The summed E-state index contributed by atoms with van der Waals surface area (Å²) in [5.74, 6) is 1.11. The molecule has 3 aromatic rings. The van der Waals surface area contributed by atoms with E-state index in [1.807, 2.05) is 60.7 Å². The minimum absolute atomic E-state index is 0.397. The molecule has 5 nitrogen and oxygen atoms in total. The Hall–Kier alpha value is -3.38. The summed E-state index contributed by atoms with van der Waals surface area (Å²) >= 11 is 5.32. The lowest BCUT2D eigenvalue weighted by Crippen LogP contribution is -2.19. The van der Waals surface area contributed by atoms with Gasteiger partial charge in [-0.1, -0.05) is 24.3 Å². The quantitative estimate of drug-likeness (QED) is 0.477. The van der Waals surface area contributed by atoms with Gasteiger partial charge in [-0.3, -0.25) is 0 Å². The Morgan fingerprint density at radius 3 is 2.19 bits per heavy atom. The van der Waals surface area contributed by atoms with Gasteiger partial charge in [0.2, 0.25) is 0 Å². The molecule has 0 amide bonds. The maximum Gasteiger partial charge on any atom is 0.337 e. The number of esters is 1. The molecule has 0 aliphatic rings. The van der Waals surface area contributed by atoms with Gasteiger partial charge < -0.3 is 20.1 Å². The van der Waals surface area contributed by atoms with Crippen LogP contribution >= 0.6 is 12.2 Å². The minimum Gasteiger partial charge on any atom is -0.465 e. The van der Waals surface area contributed by atoms with E-state index in [1.165, 1.54) is 7.11 Å². The number of rotatable bonds is 5. The zero-order valence-electron chi connectivity index (χ0n) is 14.6. The maximum absolute atomic E-state index is 11.6. The van der Waals surface area contributed by atoms with Gasteiger partial charge in [-0.05, 0) is 66.8 Å². The monoisotopic (exact) mass is 378 g/mol. The molecular weight excluding hydrogens is 360 g/mol. The largest absolute Gasteiger partial charge is 0.465 e. The summed E-state index contributed by atoms with van der Waals surface area (Å²) in [6.45, 7) is 0. The highest BCUT2D eigenvalue weighted by atomic mass is 32.1. The third-order valence-corrected chi connectivity index (χ3v) is 3.84. The van der Waals surface area contributed by atoms with E-state index in [2.05, 4.69) is 10.6 Å². The molecule has 2 N–H and O–H groups in total. The lowest BCUT2D eigenvalue weighted by Gasteiger charge is -2.12. The number of carbonyl (C=O) groups is 1. The van der Waals surface area contributed by atoms with Gasteiger partial charge in [0.15, 0.2) is 5.11 Å². The number of hydrogen-bond acceptors (Lipinski definition) is 4. The molecule has 0 saturated heterocycles. The Morgan fingerprint density at radius 2 is 1.48 bits per heavy atom. The zero-order valence-corrected chi connectivity index (χ0v) is 15.5. The van der Waals surface area contributed by atoms with Crippen molar-refractivity contribution in [3.05, 3.63) is 84.4 Å². The predicted molar refractivity (Wildman–Crippen MR) is 111 cm³/mol. The third kappa shape index (κ3) is 5.29. The van der Waals surface area contributed by atoms with Crippen LogP contribution in [-0.2, 0) is 4.74 Å². The first-order valence-corrected chi connectivity index (χ1v) is 8.64. The van der Waals surface area contributed by atoms with Crippen LogP contribution in [0.2, 0.25) is 0 Å². The van der Waals surface area contributed by atoms with Crippen molar-refractivity contribution in [1.82, 2.24) is 0 Å². The first kappa shape index (κ1) is 18.4. The van der Waals surface area contributed by atoms with Crippen LogP contribution in [0.3, 0.4) is 0 Å². The van der Waals surface area contributed by atoms with Crippen LogP contribution in [-0.4, -0.2) is 18.2 Å². The van der Waals surface area contributed by atoms with Crippen LogP contribution in [0.15, 0.2) is 78.9 Å². The van der Waals surface area contributed by atoms with Crippen LogP contribution in [0.25, 0.3) is 0 Å². The second-order valence-corrected chi connectivity index (χ2v) is 6.00. The highest BCUT2D eigenvalue weighted by Crippen LogP contribution is 2.22. The SMILES string of the molecule is COC(=O)c1cccc(NC(=S)Nc2ccc(Oc3ccccc3)cc2)c1. The van der Waals surface area contributed by atoms with Crippen molar-refractivity contribution >= 4 is 34.7 Å². The zero-order chi connectivity index (χ0) is 19.1. The van der Waals surface area contributed by atoms with E-state index in [1.54, 1.807) is 18.2 Å². The maximum atomic E-state index is 11.6. The minimum atomic E-state index is -0.397. The van der Waals surface area contributed by atoms with Gasteiger partial charge in [0.1, 0.15) is 11.5 Å². The molecule has 0 heterocycles. The summed E-state index contributed by atoms with van der Waals surface area (Å²) in [5.41, 5.74) is 1.96. The molecule has 27 heavy (non-hydrogen) atoms. The summed E-state index contributed by atoms with van der Waals surface area (Å²) in [6.07, 6.45) is 0. The normalized spacial score (nSPS) is 9.96. The Kier molecular flexibility index (Phi) is 6.02. The number of carbonyl (C=O) groups excluding carboxylic acids is 1. The number of ether oxygens (including phenoxy) is 2. The first-order valence-electron chi connectivity index (χ1n) is 8.23. The van der Waals surface area contributed by atoms with Gasteiger partial charge in [0.05, 0.1) is 12.7 Å². The second-order valence-electron chi connectivity index (χ2n) is 5.59. The molecule has 0 radical (unpaired) electrons. The fourth-order valence-electron chi connectivity index (χ4n) is 2.37. The van der Waals surface area contributed by atoms with Crippen molar-refractivity contribution in [2.75, 3.05) is 17.7 Å². The van der Waals surface area contributed by atoms with Crippen molar-refractivity contribution in [2.24, 2.45) is 0 Å². The number of para-hydroxylation sites is 1. The molecule has 0 saturated carbocycles. The summed E-state index contributed by atoms with van der Waals surface area (Å²) in [5, 5.41) is 6.55. The molecule has 0 aromatic heterocycles. The number of nitrogens with one attached hydrogen (secondary N) is 2. The lowest BCUT2D eigenvalue weighted by molar-refractivity contribution is 0.0601. The third-order valence-electron chi connectivity index (χ3n) is 3.63. The summed E-state index contributed by atoms with van der Waals surface area (Å²) in [7, 11) is 1.35. The van der Waals surface area contributed by atoms with Gasteiger partial charge >= 0.3 is 5.97 Å². The van der Waals surface area contributed by atoms with Crippen LogP contribution in [0.4, 0.5) is 11.4 Å². The molecule has 0 unspecified atom stereocenters. The van der Waals surface area contributed by atoms with Gasteiger partial charge in [0, 0.05) is 11.4 Å². The predicted octanol–water partition coefficient (Wildman–Crippen LogP) is 5.07. The Balaban J connectivity index is 1.59. The molecule has 0 atom stereocenters. The summed E-state index contributed by atoms with van der Waals surface area (Å²) in [4.78, 5) is 11.6. The lowest BCUT2D eigenvalue weighted by atomic mass is 10.2. The molecule has 0 spiro atoms. The van der Waals surface area contributed by atoms with E-state index in [0.717, 1.165) is 17.2 Å². The number of methoxy groups -OCH3 is 1. The molecular formula is C21H18N2O3S. The Morgan fingerprint density at radius 1 is 0.815 bits per heavy atom. The van der Waals surface area contributed by atoms with E-state index in [9.17, 15) is 4.79 Å². The van der Waals surface area contributed by atoms with Crippen LogP contribution in [0.5, 0.6) is 11.5 Å². The highest BCUT2D eigenvalue weighted by Gasteiger charge is 2.06. The molecule has 3 aromatic carbocycles.